The Morgan fingerprint density at radius 1 is 1.10 bits per heavy atom. The number of carbonyl (C=O) groups is 1. The molecule has 1 unspecified atom stereocenters. The lowest BCUT2D eigenvalue weighted by atomic mass is 10.0. The Morgan fingerprint density at radius 3 is 2.57 bits per heavy atom. The molecule has 1 aromatic heterocycles. The lowest BCUT2D eigenvalue weighted by molar-refractivity contribution is 0.00673. The van der Waals surface area contributed by atoms with Crippen LogP contribution in [0, 0.1) is 5.92 Å². The predicted octanol–water partition coefficient (Wildman–Crippen LogP) is 2.57. The highest BCUT2D eigenvalue weighted by Gasteiger charge is 2.24. The van der Waals surface area contributed by atoms with Gasteiger partial charge in [-0.15, -0.1) is 5.10 Å². The van der Waals surface area contributed by atoms with Crippen molar-refractivity contribution >= 4 is 16.9 Å². The normalized spacial score (nSPS) is 16.1. The minimum Gasteiger partial charge on any atom is -0.379 e. The summed E-state index contributed by atoms with van der Waals surface area (Å²) in [4.78, 5) is 15.1. The molecule has 1 atom stereocenters. The molecule has 7 nitrogen and oxygen atoms in total. The maximum Gasteiger partial charge on any atom is 0.251 e. The summed E-state index contributed by atoms with van der Waals surface area (Å²) in [5.41, 5.74) is 3.64. The van der Waals surface area contributed by atoms with Crippen molar-refractivity contribution in [2.24, 2.45) is 5.92 Å². The monoisotopic (exact) mass is 407 g/mol. The number of hydrogen-bond acceptors (Lipinski definition) is 5. The number of morpholine rings is 1. The third-order valence-corrected chi connectivity index (χ3v) is 5.72. The van der Waals surface area contributed by atoms with Crippen molar-refractivity contribution in [2.45, 2.75) is 26.4 Å². The molecule has 1 fully saturated rings. The van der Waals surface area contributed by atoms with Crippen LogP contribution in [0.1, 0.15) is 29.8 Å². The number of hydrogen-bond donors (Lipinski definition) is 1. The summed E-state index contributed by atoms with van der Waals surface area (Å²) in [5, 5.41) is 11.5. The summed E-state index contributed by atoms with van der Waals surface area (Å²) in [5.74, 6) is 0.426. The van der Waals surface area contributed by atoms with Crippen LogP contribution in [0.25, 0.3) is 11.0 Å². The van der Waals surface area contributed by atoms with E-state index in [1.807, 2.05) is 53.2 Å². The van der Waals surface area contributed by atoms with E-state index in [1.54, 1.807) is 0 Å². The molecule has 0 bridgehead atoms. The van der Waals surface area contributed by atoms with E-state index in [9.17, 15) is 4.79 Å². The zero-order chi connectivity index (χ0) is 20.9. The lowest BCUT2D eigenvalue weighted by Gasteiger charge is -2.36. The van der Waals surface area contributed by atoms with Gasteiger partial charge >= 0.3 is 0 Å². The number of nitrogens with zero attached hydrogens (tertiary/aromatic N) is 4. The van der Waals surface area contributed by atoms with Crippen LogP contribution in [0.5, 0.6) is 0 Å². The van der Waals surface area contributed by atoms with Gasteiger partial charge in [0.1, 0.15) is 5.52 Å². The maximum atomic E-state index is 12.7. The van der Waals surface area contributed by atoms with Crippen LogP contribution >= 0.6 is 0 Å². The first kappa shape index (κ1) is 20.5. The third-order valence-electron chi connectivity index (χ3n) is 5.72. The Kier molecular flexibility index (Phi) is 6.40. The highest BCUT2D eigenvalue weighted by molar-refractivity contribution is 5.94. The van der Waals surface area contributed by atoms with E-state index in [2.05, 4.69) is 34.4 Å². The predicted molar refractivity (Wildman–Crippen MR) is 116 cm³/mol. The van der Waals surface area contributed by atoms with Gasteiger partial charge in [0, 0.05) is 31.2 Å². The number of para-hydroxylation sites is 1. The second-order valence-corrected chi connectivity index (χ2v) is 8.10. The summed E-state index contributed by atoms with van der Waals surface area (Å²) in [6, 6.07) is 15.9. The highest BCUT2D eigenvalue weighted by Crippen LogP contribution is 2.14. The van der Waals surface area contributed by atoms with E-state index in [0.717, 1.165) is 42.9 Å². The van der Waals surface area contributed by atoms with Gasteiger partial charge in [-0.3, -0.25) is 9.69 Å². The Balaban J connectivity index is 1.36. The molecule has 4 rings (SSSR count). The fraction of sp³-hybridized carbons (Fsp3) is 0.435. The number of fused-ring (bicyclic) bond motifs is 1. The van der Waals surface area contributed by atoms with Gasteiger partial charge in [-0.25, -0.2) is 4.68 Å². The molecule has 3 aromatic rings. The molecule has 0 radical (unpaired) electrons. The number of nitrogens with one attached hydrogen (secondary N) is 1. The van der Waals surface area contributed by atoms with Crippen LogP contribution in [0.15, 0.2) is 48.5 Å². The average molecular weight is 408 g/mol. The Hall–Kier alpha value is -2.77. The van der Waals surface area contributed by atoms with Crippen molar-refractivity contribution in [3.05, 3.63) is 59.7 Å². The van der Waals surface area contributed by atoms with Crippen LogP contribution in [-0.4, -0.2) is 64.7 Å². The Bertz CT molecular complexity index is 977. The molecule has 1 saturated heterocycles. The van der Waals surface area contributed by atoms with Gasteiger partial charge in [0.2, 0.25) is 0 Å². The van der Waals surface area contributed by atoms with Crippen LogP contribution < -0.4 is 5.32 Å². The molecule has 7 heteroatoms. The van der Waals surface area contributed by atoms with E-state index in [1.165, 1.54) is 0 Å². The van der Waals surface area contributed by atoms with E-state index < -0.39 is 0 Å². The Labute approximate surface area is 177 Å². The van der Waals surface area contributed by atoms with Gasteiger partial charge in [-0.1, -0.05) is 43.3 Å². The first-order valence-corrected chi connectivity index (χ1v) is 10.6. The highest BCUT2D eigenvalue weighted by atomic mass is 16.5. The van der Waals surface area contributed by atoms with Crippen molar-refractivity contribution in [1.82, 2.24) is 25.2 Å². The van der Waals surface area contributed by atoms with Crippen LogP contribution in [-0.2, 0) is 11.3 Å². The average Bonchev–Trinajstić information content (AvgIpc) is 3.18. The van der Waals surface area contributed by atoms with Crippen molar-refractivity contribution < 1.29 is 9.53 Å². The summed E-state index contributed by atoms with van der Waals surface area (Å²) in [6.07, 6.45) is 0. The number of rotatable bonds is 7. The number of ether oxygens (including phenoxy) is 1. The zero-order valence-electron chi connectivity index (χ0n) is 17.6. The van der Waals surface area contributed by atoms with Crippen LogP contribution in [0.4, 0.5) is 0 Å². The second-order valence-electron chi connectivity index (χ2n) is 8.10. The van der Waals surface area contributed by atoms with Gasteiger partial charge in [-0.2, -0.15) is 0 Å². The first-order valence-electron chi connectivity index (χ1n) is 10.6. The van der Waals surface area contributed by atoms with E-state index in [4.69, 9.17) is 4.74 Å². The second kappa shape index (κ2) is 9.36. The van der Waals surface area contributed by atoms with E-state index in [0.29, 0.717) is 30.6 Å². The van der Waals surface area contributed by atoms with Gasteiger partial charge < -0.3 is 10.1 Å². The topological polar surface area (TPSA) is 72.3 Å². The molecule has 0 spiro atoms. The molecule has 1 N–H and O–H groups in total. The molecular formula is C23H29N5O2. The number of carbonyl (C=O) groups excluding carboxylic acids is 1. The molecule has 30 heavy (non-hydrogen) atoms. The fourth-order valence-electron chi connectivity index (χ4n) is 3.96. The SMILES string of the molecule is CC(C)C(CNC(=O)c1ccc(Cn2nnc3ccccc32)cc1)N1CCOCC1. The zero-order valence-corrected chi connectivity index (χ0v) is 17.6. The van der Waals surface area contributed by atoms with Gasteiger partial charge in [0.25, 0.3) is 5.91 Å². The summed E-state index contributed by atoms with van der Waals surface area (Å²) >= 11 is 0. The Morgan fingerprint density at radius 2 is 1.83 bits per heavy atom. The molecular weight excluding hydrogens is 378 g/mol. The lowest BCUT2D eigenvalue weighted by Crippen LogP contribution is -2.51. The first-order chi connectivity index (χ1) is 14.6. The molecule has 2 heterocycles. The third kappa shape index (κ3) is 4.68. The van der Waals surface area contributed by atoms with Crippen LogP contribution in [0.2, 0.25) is 0 Å². The van der Waals surface area contributed by atoms with E-state index >= 15 is 0 Å². The fourth-order valence-corrected chi connectivity index (χ4v) is 3.96. The molecule has 1 aliphatic heterocycles. The minimum atomic E-state index is -0.0355. The van der Waals surface area contributed by atoms with Crippen molar-refractivity contribution in [1.29, 1.82) is 0 Å². The largest absolute Gasteiger partial charge is 0.379 e. The number of amides is 1. The standard InChI is InChI=1S/C23H29N5O2/c1-17(2)22(27-11-13-30-14-12-27)15-24-23(29)19-9-7-18(8-10-19)16-28-21-6-4-3-5-20(21)25-26-28/h3-10,17,22H,11-16H2,1-2H3,(H,24,29). The molecule has 0 aliphatic carbocycles. The summed E-state index contributed by atoms with van der Waals surface area (Å²) in [7, 11) is 0. The summed E-state index contributed by atoms with van der Waals surface area (Å²) < 4.78 is 7.33. The molecule has 158 valence electrons. The van der Waals surface area contributed by atoms with Crippen molar-refractivity contribution in [3.63, 3.8) is 0 Å². The van der Waals surface area contributed by atoms with Gasteiger partial charge in [-0.05, 0) is 35.7 Å². The molecule has 1 amide bonds. The van der Waals surface area contributed by atoms with E-state index in [-0.39, 0.29) is 5.91 Å². The van der Waals surface area contributed by atoms with Gasteiger partial charge in [0.15, 0.2) is 0 Å². The van der Waals surface area contributed by atoms with Crippen molar-refractivity contribution in [3.8, 4) is 0 Å². The summed E-state index contributed by atoms with van der Waals surface area (Å²) in [6.45, 7) is 9.04. The quantitative estimate of drug-likeness (QED) is 0.652. The number of benzene rings is 2. The smallest absolute Gasteiger partial charge is 0.251 e. The molecule has 2 aromatic carbocycles. The molecule has 1 aliphatic rings. The number of aromatic nitrogens is 3. The van der Waals surface area contributed by atoms with Crippen LogP contribution in [0.3, 0.4) is 0 Å². The minimum absolute atomic E-state index is 0.0355. The maximum absolute atomic E-state index is 12.7. The van der Waals surface area contributed by atoms with Gasteiger partial charge in [0.05, 0.1) is 25.3 Å². The van der Waals surface area contributed by atoms with Crippen molar-refractivity contribution in [2.75, 3.05) is 32.8 Å². The molecule has 0 saturated carbocycles.